The molecule has 0 bridgehead atoms. The number of hydrogen-bond acceptors (Lipinski definition) is 2. The highest BCUT2D eigenvalue weighted by atomic mass is 79.9. The molecule has 0 radical (unpaired) electrons. The van der Waals surface area contributed by atoms with Gasteiger partial charge in [0.1, 0.15) is 5.75 Å². The van der Waals surface area contributed by atoms with E-state index in [1.54, 1.807) is 7.11 Å². The van der Waals surface area contributed by atoms with Gasteiger partial charge in [-0.15, -0.1) is 0 Å². The van der Waals surface area contributed by atoms with E-state index in [2.05, 4.69) is 28.1 Å². The Morgan fingerprint density at radius 2 is 2.31 bits per heavy atom. The molecule has 0 saturated heterocycles. The maximum atomic E-state index is 5.95. The fraction of sp³-hybridized carbons (Fsp3) is 0.400. The van der Waals surface area contributed by atoms with Gasteiger partial charge >= 0.3 is 0 Å². The van der Waals surface area contributed by atoms with Gasteiger partial charge in [-0.1, -0.05) is 0 Å². The van der Waals surface area contributed by atoms with E-state index in [-0.39, 0.29) is 6.04 Å². The average Bonchev–Trinajstić information content (AvgIpc) is 2.47. The molecule has 2 rings (SSSR count). The molecule has 0 amide bonds. The molecule has 3 heteroatoms. The number of hydrogen-bond donors (Lipinski definition) is 1. The monoisotopic (exact) mass is 241 g/mol. The van der Waals surface area contributed by atoms with Crippen LogP contribution in [0.25, 0.3) is 0 Å². The first-order valence-electron chi connectivity index (χ1n) is 4.34. The summed E-state index contributed by atoms with van der Waals surface area (Å²) in [4.78, 5) is 0. The summed E-state index contributed by atoms with van der Waals surface area (Å²) >= 11 is 3.46. The van der Waals surface area contributed by atoms with Crippen LogP contribution in [0.3, 0.4) is 0 Å². The molecule has 0 aliphatic heterocycles. The smallest absolute Gasteiger partial charge is 0.133 e. The van der Waals surface area contributed by atoms with Gasteiger partial charge in [-0.2, -0.15) is 0 Å². The summed E-state index contributed by atoms with van der Waals surface area (Å²) in [5.41, 5.74) is 8.53. The van der Waals surface area contributed by atoms with Crippen molar-refractivity contribution in [3.8, 4) is 5.75 Å². The maximum Gasteiger partial charge on any atom is 0.133 e. The zero-order valence-electron chi connectivity index (χ0n) is 7.51. The van der Waals surface area contributed by atoms with Gasteiger partial charge < -0.3 is 10.5 Å². The lowest BCUT2D eigenvalue weighted by molar-refractivity contribution is 0.411. The number of ether oxygens (including phenoxy) is 1. The molecule has 1 atom stereocenters. The summed E-state index contributed by atoms with van der Waals surface area (Å²) < 4.78 is 6.21. The largest absolute Gasteiger partial charge is 0.496 e. The van der Waals surface area contributed by atoms with Gasteiger partial charge in [0.05, 0.1) is 11.6 Å². The lowest BCUT2D eigenvalue weighted by Crippen LogP contribution is -2.05. The lowest BCUT2D eigenvalue weighted by atomic mass is 10.1. The second kappa shape index (κ2) is 3.31. The van der Waals surface area contributed by atoms with Crippen molar-refractivity contribution in [2.24, 2.45) is 5.73 Å². The van der Waals surface area contributed by atoms with Gasteiger partial charge in [-0.05, 0) is 52.0 Å². The molecule has 13 heavy (non-hydrogen) atoms. The molecule has 1 aliphatic rings. The fourth-order valence-electron chi connectivity index (χ4n) is 1.80. The first kappa shape index (κ1) is 9.03. The summed E-state index contributed by atoms with van der Waals surface area (Å²) in [5.74, 6) is 0.896. The Hall–Kier alpha value is -0.540. The molecule has 0 aromatic heterocycles. The van der Waals surface area contributed by atoms with E-state index in [4.69, 9.17) is 10.5 Å². The summed E-state index contributed by atoms with van der Waals surface area (Å²) in [7, 11) is 1.68. The van der Waals surface area contributed by atoms with Crippen LogP contribution < -0.4 is 10.5 Å². The van der Waals surface area contributed by atoms with Crippen LogP contribution in [-0.4, -0.2) is 7.11 Å². The summed E-state index contributed by atoms with van der Waals surface area (Å²) in [6.07, 6.45) is 2.12. The van der Waals surface area contributed by atoms with Crippen molar-refractivity contribution in [2.75, 3.05) is 7.11 Å². The molecular formula is C10H12BrNO. The van der Waals surface area contributed by atoms with Crippen molar-refractivity contribution in [2.45, 2.75) is 18.9 Å². The van der Waals surface area contributed by atoms with E-state index < -0.39 is 0 Å². The molecule has 1 aromatic carbocycles. The summed E-state index contributed by atoms with van der Waals surface area (Å²) in [6, 6.07) is 4.36. The van der Waals surface area contributed by atoms with Crippen LogP contribution >= 0.6 is 15.9 Å². The Morgan fingerprint density at radius 1 is 1.54 bits per heavy atom. The molecule has 2 N–H and O–H groups in total. The number of aryl methyl sites for hydroxylation is 1. The Morgan fingerprint density at radius 3 is 3.00 bits per heavy atom. The van der Waals surface area contributed by atoms with Crippen molar-refractivity contribution in [1.29, 1.82) is 0 Å². The molecule has 70 valence electrons. The predicted molar refractivity (Wildman–Crippen MR) is 55.9 cm³/mol. The highest BCUT2D eigenvalue weighted by Crippen LogP contribution is 2.36. The fourth-order valence-corrected chi connectivity index (χ4v) is 2.32. The molecule has 0 unspecified atom stereocenters. The number of fused-ring (bicyclic) bond motifs is 1. The molecule has 2 nitrogen and oxygen atoms in total. The Balaban J connectivity index is 2.50. The average molecular weight is 242 g/mol. The van der Waals surface area contributed by atoms with Crippen LogP contribution in [0, 0.1) is 0 Å². The summed E-state index contributed by atoms with van der Waals surface area (Å²) in [5, 5.41) is 0. The first-order chi connectivity index (χ1) is 6.22. The normalized spacial score (nSPS) is 20.1. The highest BCUT2D eigenvalue weighted by Gasteiger charge is 2.20. The van der Waals surface area contributed by atoms with Crippen molar-refractivity contribution in [3.05, 3.63) is 27.7 Å². The van der Waals surface area contributed by atoms with Gasteiger partial charge in [0.15, 0.2) is 0 Å². The highest BCUT2D eigenvalue weighted by molar-refractivity contribution is 9.10. The third-order valence-electron chi connectivity index (χ3n) is 2.54. The van der Waals surface area contributed by atoms with Crippen molar-refractivity contribution in [1.82, 2.24) is 0 Å². The van der Waals surface area contributed by atoms with E-state index in [1.165, 1.54) is 11.1 Å². The van der Waals surface area contributed by atoms with Crippen molar-refractivity contribution in [3.63, 3.8) is 0 Å². The molecule has 0 heterocycles. The minimum atomic E-state index is 0.206. The van der Waals surface area contributed by atoms with Gasteiger partial charge in [-0.3, -0.25) is 0 Å². The topological polar surface area (TPSA) is 35.2 Å². The number of rotatable bonds is 1. The minimum Gasteiger partial charge on any atom is -0.496 e. The molecular weight excluding hydrogens is 230 g/mol. The number of nitrogens with two attached hydrogens (primary N) is 1. The minimum absolute atomic E-state index is 0.206. The van der Waals surface area contributed by atoms with Crippen LogP contribution in [0.15, 0.2) is 16.6 Å². The predicted octanol–water partition coefficient (Wildman–Crippen LogP) is 2.40. The van der Waals surface area contributed by atoms with E-state index in [9.17, 15) is 0 Å². The zero-order valence-corrected chi connectivity index (χ0v) is 9.10. The zero-order chi connectivity index (χ0) is 9.42. The van der Waals surface area contributed by atoms with Crippen LogP contribution in [0.5, 0.6) is 5.75 Å². The maximum absolute atomic E-state index is 5.95. The number of halogens is 1. The van der Waals surface area contributed by atoms with Gasteiger partial charge in [-0.25, -0.2) is 0 Å². The van der Waals surface area contributed by atoms with Crippen molar-refractivity contribution >= 4 is 15.9 Å². The lowest BCUT2D eigenvalue weighted by Gasteiger charge is -2.08. The Kier molecular flexibility index (Phi) is 2.30. The third-order valence-corrected chi connectivity index (χ3v) is 3.16. The Labute approximate surface area is 86.2 Å². The second-order valence-corrected chi connectivity index (χ2v) is 4.19. The standard InChI is InChI=1S/C10H12BrNO/c1-13-10-4-6-2-3-9(12)7(6)5-8(10)11/h4-5,9H,2-3,12H2,1H3/t9-/m0/s1. The van der Waals surface area contributed by atoms with Crippen LogP contribution in [-0.2, 0) is 6.42 Å². The van der Waals surface area contributed by atoms with E-state index >= 15 is 0 Å². The molecule has 0 spiro atoms. The van der Waals surface area contributed by atoms with E-state index in [1.807, 2.05) is 0 Å². The molecule has 0 saturated carbocycles. The SMILES string of the molecule is COc1cc2c(cc1Br)[C@@H](N)CC2. The Bertz CT molecular complexity index is 338. The van der Waals surface area contributed by atoms with Crippen LogP contribution in [0.1, 0.15) is 23.6 Å². The van der Waals surface area contributed by atoms with Gasteiger partial charge in [0.25, 0.3) is 0 Å². The third kappa shape index (κ3) is 1.46. The van der Waals surface area contributed by atoms with E-state index in [0.717, 1.165) is 23.1 Å². The van der Waals surface area contributed by atoms with Crippen LogP contribution in [0.4, 0.5) is 0 Å². The summed E-state index contributed by atoms with van der Waals surface area (Å²) in [6.45, 7) is 0. The molecule has 1 aromatic rings. The van der Waals surface area contributed by atoms with E-state index in [0.29, 0.717) is 0 Å². The number of benzene rings is 1. The van der Waals surface area contributed by atoms with Crippen LogP contribution in [0.2, 0.25) is 0 Å². The second-order valence-electron chi connectivity index (χ2n) is 3.33. The molecule has 1 aliphatic carbocycles. The number of methoxy groups -OCH3 is 1. The van der Waals surface area contributed by atoms with Crippen molar-refractivity contribution < 1.29 is 4.74 Å². The van der Waals surface area contributed by atoms with Gasteiger partial charge in [0.2, 0.25) is 0 Å². The quantitative estimate of drug-likeness (QED) is 0.820. The first-order valence-corrected chi connectivity index (χ1v) is 5.13. The van der Waals surface area contributed by atoms with Gasteiger partial charge in [0, 0.05) is 6.04 Å². The molecule has 0 fully saturated rings.